The topological polar surface area (TPSA) is 71.4 Å². The van der Waals surface area contributed by atoms with E-state index in [0.717, 1.165) is 44.4 Å². The largest absolute Gasteiger partial charge is 0.198 e. The van der Waals surface area contributed by atoms with Gasteiger partial charge in [-0.25, -0.2) is 0 Å². The number of unbranched alkanes of at least 4 members (excludes halogenated alkanes) is 7. The van der Waals surface area contributed by atoms with E-state index in [2.05, 4.69) is 18.2 Å². The molecule has 0 bridgehead atoms. The summed E-state index contributed by atoms with van der Waals surface area (Å²) in [5.41, 5.74) is 0. The normalized spacial score (nSPS) is 9.90. The van der Waals surface area contributed by atoms with Crippen molar-refractivity contribution in [1.29, 1.82) is 15.8 Å². The molecule has 0 rings (SSSR count). The highest BCUT2D eigenvalue weighted by Crippen LogP contribution is 2.23. The van der Waals surface area contributed by atoms with Crippen LogP contribution in [0.25, 0.3) is 0 Å². The van der Waals surface area contributed by atoms with Crippen LogP contribution in [-0.4, -0.2) is 0 Å². The molecule has 3 heteroatoms. The fourth-order valence-electron chi connectivity index (χ4n) is 2.53. The quantitative estimate of drug-likeness (QED) is 0.430. The number of nitriles is 3. The lowest BCUT2D eigenvalue weighted by atomic mass is 9.90. The van der Waals surface area contributed by atoms with Crippen LogP contribution in [0, 0.1) is 39.9 Å². The molecule has 0 radical (unpaired) electrons. The van der Waals surface area contributed by atoms with Crippen LogP contribution < -0.4 is 0 Å². The molecule has 0 heterocycles. The predicted octanol–water partition coefficient (Wildman–Crippen LogP) is 5.24. The molecule has 20 heavy (non-hydrogen) atoms. The molecular formula is C17H27N3. The van der Waals surface area contributed by atoms with E-state index < -0.39 is 0 Å². The van der Waals surface area contributed by atoms with Crippen molar-refractivity contribution in [3.8, 4) is 18.2 Å². The Morgan fingerprint density at radius 2 is 0.900 bits per heavy atom. The summed E-state index contributed by atoms with van der Waals surface area (Å²) in [6.07, 6.45) is 13.4. The van der Waals surface area contributed by atoms with Gasteiger partial charge in [-0.2, -0.15) is 15.8 Å². The van der Waals surface area contributed by atoms with Gasteiger partial charge < -0.3 is 0 Å². The molecule has 0 atom stereocenters. The average molecular weight is 273 g/mol. The van der Waals surface area contributed by atoms with Gasteiger partial charge in [-0.3, -0.25) is 0 Å². The van der Waals surface area contributed by atoms with Crippen LogP contribution in [0.15, 0.2) is 0 Å². The van der Waals surface area contributed by atoms with Crippen molar-refractivity contribution in [1.82, 2.24) is 0 Å². The van der Waals surface area contributed by atoms with Gasteiger partial charge in [-0.1, -0.05) is 38.5 Å². The maximum absolute atomic E-state index is 8.61. The zero-order valence-corrected chi connectivity index (χ0v) is 12.6. The first-order valence-corrected chi connectivity index (χ1v) is 7.96. The molecule has 0 aromatic carbocycles. The average Bonchev–Trinajstić information content (AvgIpc) is 2.46. The van der Waals surface area contributed by atoms with E-state index in [9.17, 15) is 0 Å². The van der Waals surface area contributed by atoms with Gasteiger partial charge >= 0.3 is 0 Å². The van der Waals surface area contributed by atoms with Gasteiger partial charge in [-0.05, 0) is 31.6 Å². The summed E-state index contributed by atoms with van der Waals surface area (Å²) in [5.74, 6) is 0.729. The van der Waals surface area contributed by atoms with E-state index >= 15 is 0 Å². The summed E-state index contributed by atoms with van der Waals surface area (Å²) < 4.78 is 0. The lowest BCUT2D eigenvalue weighted by Crippen LogP contribution is -2.01. The zero-order valence-electron chi connectivity index (χ0n) is 12.6. The fraction of sp³-hybridized carbons (Fsp3) is 0.824. The minimum Gasteiger partial charge on any atom is -0.198 e. The maximum atomic E-state index is 8.61. The van der Waals surface area contributed by atoms with Crippen molar-refractivity contribution in [2.45, 2.75) is 83.5 Å². The molecule has 3 nitrogen and oxygen atoms in total. The van der Waals surface area contributed by atoms with Crippen molar-refractivity contribution in [3.05, 3.63) is 0 Å². The Hall–Kier alpha value is -1.53. The van der Waals surface area contributed by atoms with Gasteiger partial charge in [0.25, 0.3) is 0 Å². The van der Waals surface area contributed by atoms with Gasteiger partial charge in [0.05, 0.1) is 18.2 Å². The molecule has 0 aromatic rings. The molecule has 0 aromatic heterocycles. The number of hydrogen-bond acceptors (Lipinski definition) is 3. The molecule has 0 saturated carbocycles. The minimum absolute atomic E-state index is 0.666. The van der Waals surface area contributed by atoms with Crippen molar-refractivity contribution < 1.29 is 0 Å². The highest BCUT2D eigenvalue weighted by atomic mass is 14.2. The van der Waals surface area contributed by atoms with Crippen molar-refractivity contribution in [2.24, 2.45) is 5.92 Å². The lowest BCUT2D eigenvalue weighted by molar-refractivity contribution is 0.377. The molecule has 110 valence electrons. The van der Waals surface area contributed by atoms with Gasteiger partial charge in [0, 0.05) is 19.3 Å². The second-order valence-corrected chi connectivity index (χ2v) is 5.43. The first-order chi connectivity index (χ1) is 9.85. The number of hydrogen-bond donors (Lipinski definition) is 0. The van der Waals surface area contributed by atoms with Gasteiger partial charge in [0.2, 0.25) is 0 Å². The summed E-state index contributed by atoms with van der Waals surface area (Å²) in [4.78, 5) is 0. The Labute approximate surface area is 124 Å². The van der Waals surface area contributed by atoms with Crippen LogP contribution in [0.2, 0.25) is 0 Å². The van der Waals surface area contributed by atoms with Crippen molar-refractivity contribution in [2.75, 3.05) is 0 Å². The summed E-state index contributed by atoms with van der Waals surface area (Å²) in [6.45, 7) is 0. The molecule has 0 unspecified atom stereocenters. The minimum atomic E-state index is 0.666. The van der Waals surface area contributed by atoms with Gasteiger partial charge in [-0.15, -0.1) is 0 Å². The first-order valence-electron chi connectivity index (χ1n) is 7.96. The standard InChI is InChI=1S/C17H27N3/c18-14-8-3-1-5-11-17(13-7-10-16-20)12-6-2-4-9-15-19/h17H,1-13H2. The lowest BCUT2D eigenvalue weighted by Gasteiger charge is -2.16. The molecule has 0 aliphatic heterocycles. The summed E-state index contributed by atoms with van der Waals surface area (Å²) in [7, 11) is 0. The molecular weight excluding hydrogens is 246 g/mol. The molecule has 0 amide bonds. The molecule has 0 N–H and O–H groups in total. The Balaban J connectivity index is 3.74. The van der Waals surface area contributed by atoms with Crippen LogP contribution in [-0.2, 0) is 0 Å². The SMILES string of the molecule is N#CCCCCCC(CCCC#N)CCCCCC#N. The Morgan fingerprint density at radius 3 is 1.35 bits per heavy atom. The van der Waals surface area contributed by atoms with Crippen LogP contribution in [0.1, 0.15) is 83.5 Å². The second-order valence-electron chi connectivity index (χ2n) is 5.43. The highest BCUT2D eigenvalue weighted by molar-refractivity contribution is 4.72. The second kappa shape index (κ2) is 15.5. The monoisotopic (exact) mass is 273 g/mol. The van der Waals surface area contributed by atoms with E-state index in [1.54, 1.807) is 0 Å². The molecule has 0 aliphatic carbocycles. The van der Waals surface area contributed by atoms with Crippen LogP contribution in [0.4, 0.5) is 0 Å². The molecule has 0 aliphatic rings. The van der Waals surface area contributed by atoms with E-state index in [0.29, 0.717) is 19.3 Å². The Morgan fingerprint density at radius 1 is 0.500 bits per heavy atom. The van der Waals surface area contributed by atoms with E-state index in [4.69, 9.17) is 15.8 Å². The van der Waals surface area contributed by atoms with Crippen LogP contribution in [0.3, 0.4) is 0 Å². The maximum Gasteiger partial charge on any atom is 0.0621 e. The third kappa shape index (κ3) is 12.9. The Bertz CT molecular complexity index is 306. The third-order valence-electron chi connectivity index (χ3n) is 3.70. The van der Waals surface area contributed by atoms with E-state index in [1.165, 1.54) is 25.7 Å². The van der Waals surface area contributed by atoms with Crippen molar-refractivity contribution in [3.63, 3.8) is 0 Å². The molecule has 0 saturated heterocycles. The number of nitrogens with zero attached hydrogens (tertiary/aromatic N) is 3. The fourth-order valence-corrected chi connectivity index (χ4v) is 2.53. The van der Waals surface area contributed by atoms with Gasteiger partial charge in [0.15, 0.2) is 0 Å². The highest BCUT2D eigenvalue weighted by Gasteiger charge is 2.08. The van der Waals surface area contributed by atoms with E-state index in [-0.39, 0.29) is 0 Å². The van der Waals surface area contributed by atoms with Crippen LogP contribution in [0.5, 0.6) is 0 Å². The first kappa shape index (κ1) is 18.5. The van der Waals surface area contributed by atoms with Crippen LogP contribution >= 0.6 is 0 Å². The summed E-state index contributed by atoms with van der Waals surface area (Å²) in [5, 5.41) is 25.6. The molecule has 0 fully saturated rings. The smallest absolute Gasteiger partial charge is 0.0621 e. The summed E-state index contributed by atoms with van der Waals surface area (Å²) in [6, 6.07) is 6.60. The molecule has 0 spiro atoms. The van der Waals surface area contributed by atoms with Gasteiger partial charge in [0.1, 0.15) is 0 Å². The third-order valence-corrected chi connectivity index (χ3v) is 3.70. The zero-order chi connectivity index (χ0) is 14.9. The number of rotatable bonds is 13. The van der Waals surface area contributed by atoms with E-state index in [1.807, 2.05) is 0 Å². The van der Waals surface area contributed by atoms with Crippen molar-refractivity contribution >= 4 is 0 Å². The predicted molar refractivity (Wildman–Crippen MR) is 80.4 cm³/mol. The summed E-state index contributed by atoms with van der Waals surface area (Å²) >= 11 is 0. The Kier molecular flexibility index (Phi) is 14.3.